The molecule has 0 spiro atoms. The van der Waals surface area contributed by atoms with E-state index in [-0.39, 0.29) is 22.3 Å². The fraction of sp³-hybridized carbons (Fsp3) is 0.357. The maximum atomic E-state index is 12.0. The van der Waals surface area contributed by atoms with Crippen molar-refractivity contribution in [2.45, 2.75) is 31.9 Å². The van der Waals surface area contributed by atoms with Crippen molar-refractivity contribution in [1.82, 2.24) is 10.6 Å². The lowest BCUT2D eigenvalue weighted by Gasteiger charge is -2.13. The summed E-state index contributed by atoms with van der Waals surface area (Å²) in [5.74, 6) is -1.72. The van der Waals surface area contributed by atoms with Crippen molar-refractivity contribution < 1.29 is 24.0 Å². The molecular formula is C14H14ClN3O6. The molecule has 128 valence electrons. The van der Waals surface area contributed by atoms with Crippen molar-refractivity contribution in [3.63, 3.8) is 0 Å². The van der Waals surface area contributed by atoms with Gasteiger partial charge in [-0.2, -0.15) is 0 Å². The SMILES string of the molecule is CC(OC(=O)c1ccc([N+](=O)[O-])cc1Cl)C(=O)NC(=O)NC1CC1. The second-order valence-electron chi connectivity index (χ2n) is 5.21. The number of nitro groups is 1. The fourth-order valence-corrected chi connectivity index (χ4v) is 1.98. The number of ether oxygens (including phenoxy) is 1. The Balaban J connectivity index is 1.93. The van der Waals surface area contributed by atoms with Crippen LogP contribution < -0.4 is 10.6 Å². The van der Waals surface area contributed by atoms with Gasteiger partial charge >= 0.3 is 12.0 Å². The van der Waals surface area contributed by atoms with E-state index in [4.69, 9.17) is 16.3 Å². The number of imide groups is 1. The highest BCUT2D eigenvalue weighted by molar-refractivity contribution is 6.33. The molecule has 0 saturated heterocycles. The number of benzene rings is 1. The zero-order valence-corrected chi connectivity index (χ0v) is 13.3. The van der Waals surface area contributed by atoms with Crippen LogP contribution >= 0.6 is 11.6 Å². The number of nitrogens with one attached hydrogen (secondary N) is 2. The highest BCUT2D eigenvalue weighted by atomic mass is 35.5. The van der Waals surface area contributed by atoms with E-state index in [9.17, 15) is 24.5 Å². The van der Waals surface area contributed by atoms with Gasteiger partial charge in [-0.1, -0.05) is 11.6 Å². The first kappa shape index (κ1) is 17.7. The number of amides is 3. The van der Waals surface area contributed by atoms with Gasteiger partial charge in [0.25, 0.3) is 11.6 Å². The lowest BCUT2D eigenvalue weighted by molar-refractivity contribution is -0.384. The van der Waals surface area contributed by atoms with Crippen LogP contribution in [0.4, 0.5) is 10.5 Å². The number of hydrogen-bond donors (Lipinski definition) is 2. The smallest absolute Gasteiger partial charge is 0.340 e. The van der Waals surface area contributed by atoms with Gasteiger partial charge in [0.15, 0.2) is 6.10 Å². The Morgan fingerprint density at radius 2 is 2.04 bits per heavy atom. The molecule has 1 aliphatic rings. The summed E-state index contributed by atoms with van der Waals surface area (Å²) in [6.45, 7) is 1.29. The number of urea groups is 1. The van der Waals surface area contributed by atoms with Gasteiger partial charge in [-0.05, 0) is 25.8 Å². The zero-order chi connectivity index (χ0) is 17.9. The lowest BCUT2D eigenvalue weighted by Crippen LogP contribution is -2.45. The van der Waals surface area contributed by atoms with Gasteiger partial charge in [-0.25, -0.2) is 9.59 Å². The Kier molecular flexibility index (Phi) is 5.35. The van der Waals surface area contributed by atoms with Crippen LogP contribution in [0.2, 0.25) is 5.02 Å². The van der Waals surface area contributed by atoms with Crippen LogP contribution in [0.5, 0.6) is 0 Å². The van der Waals surface area contributed by atoms with E-state index in [0.29, 0.717) is 0 Å². The average molecular weight is 356 g/mol. The molecule has 1 unspecified atom stereocenters. The van der Waals surface area contributed by atoms with E-state index in [1.807, 2.05) is 0 Å². The molecule has 1 aromatic carbocycles. The normalized spacial score (nSPS) is 14.4. The second-order valence-corrected chi connectivity index (χ2v) is 5.61. The number of nitrogens with zero attached hydrogens (tertiary/aromatic N) is 1. The van der Waals surface area contributed by atoms with E-state index < -0.39 is 28.9 Å². The first-order chi connectivity index (χ1) is 11.3. The van der Waals surface area contributed by atoms with Crippen LogP contribution in [-0.4, -0.2) is 35.0 Å². The molecule has 9 nitrogen and oxygen atoms in total. The third kappa shape index (κ3) is 4.66. The number of nitro benzene ring substituents is 1. The minimum absolute atomic E-state index is 0.0783. The molecule has 1 saturated carbocycles. The van der Waals surface area contributed by atoms with Crippen molar-refractivity contribution in [3.8, 4) is 0 Å². The zero-order valence-electron chi connectivity index (χ0n) is 12.6. The Hall–Kier alpha value is -2.68. The van der Waals surface area contributed by atoms with Crippen LogP contribution in [0.3, 0.4) is 0 Å². The number of carbonyl (C=O) groups is 3. The average Bonchev–Trinajstić information content (AvgIpc) is 3.30. The van der Waals surface area contributed by atoms with Crippen LogP contribution in [0.15, 0.2) is 18.2 Å². The molecule has 1 aromatic rings. The molecule has 1 aliphatic carbocycles. The van der Waals surface area contributed by atoms with Gasteiger partial charge in [-0.15, -0.1) is 0 Å². The molecule has 2 N–H and O–H groups in total. The van der Waals surface area contributed by atoms with E-state index >= 15 is 0 Å². The van der Waals surface area contributed by atoms with E-state index in [2.05, 4.69) is 10.6 Å². The Bertz CT molecular complexity index is 704. The number of hydrogen-bond acceptors (Lipinski definition) is 6. The van der Waals surface area contributed by atoms with Gasteiger partial charge in [0.05, 0.1) is 15.5 Å². The maximum absolute atomic E-state index is 12.0. The van der Waals surface area contributed by atoms with Crippen molar-refractivity contribution in [2.75, 3.05) is 0 Å². The predicted molar refractivity (Wildman–Crippen MR) is 82.7 cm³/mol. The molecule has 0 aromatic heterocycles. The van der Waals surface area contributed by atoms with E-state index in [0.717, 1.165) is 31.0 Å². The first-order valence-electron chi connectivity index (χ1n) is 7.04. The topological polar surface area (TPSA) is 128 Å². The second kappa shape index (κ2) is 7.26. The number of rotatable bonds is 5. The third-order valence-corrected chi connectivity index (χ3v) is 3.50. The van der Waals surface area contributed by atoms with Crippen molar-refractivity contribution >= 4 is 35.2 Å². The Labute approximate surface area is 141 Å². The predicted octanol–water partition coefficient (Wildman–Crippen LogP) is 1.78. The number of halogens is 1. The molecular weight excluding hydrogens is 342 g/mol. The van der Waals surface area contributed by atoms with Gasteiger partial charge in [0, 0.05) is 18.2 Å². The molecule has 0 radical (unpaired) electrons. The van der Waals surface area contributed by atoms with Gasteiger partial charge < -0.3 is 10.1 Å². The van der Waals surface area contributed by atoms with Gasteiger partial charge in [-0.3, -0.25) is 20.2 Å². The third-order valence-electron chi connectivity index (χ3n) is 3.19. The molecule has 0 aliphatic heterocycles. The van der Waals surface area contributed by atoms with Crippen LogP contribution in [0, 0.1) is 10.1 Å². The van der Waals surface area contributed by atoms with Crippen LogP contribution in [0.1, 0.15) is 30.1 Å². The summed E-state index contributed by atoms with van der Waals surface area (Å²) in [4.78, 5) is 45.2. The van der Waals surface area contributed by atoms with Crippen molar-refractivity contribution in [3.05, 3.63) is 38.9 Å². The summed E-state index contributed by atoms with van der Waals surface area (Å²) in [6, 6.07) is 2.66. The van der Waals surface area contributed by atoms with Gasteiger partial charge in [0.1, 0.15) is 0 Å². The Morgan fingerprint density at radius 1 is 1.38 bits per heavy atom. The minimum atomic E-state index is -1.24. The largest absolute Gasteiger partial charge is 0.449 e. The summed E-state index contributed by atoms with van der Waals surface area (Å²) < 4.78 is 4.92. The molecule has 1 fully saturated rings. The van der Waals surface area contributed by atoms with Gasteiger partial charge in [0.2, 0.25) is 0 Å². The molecule has 3 amide bonds. The standard InChI is InChI=1S/C14H14ClN3O6/c1-7(12(19)17-14(21)16-8-2-3-8)24-13(20)10-5-4-9(18(22)23)6-11(10)15/h4-8H,2-3H2,1H3,(H2,16,17,19,21). The van der Waals surface area contributed by atoms with E-state index in [1.165, 1.54) is 6.92 Å². The fourth-order valence-electron chi connectivity index (χ4n) is 1.72. The van der Waals surface area contributed by atoms with Crippen LogP contribution in [-0.2, 0) is 9.53 Å². The highest BCUT2D eigenvalue weighted by Gasteiger charge is 2.26. The minimum Gasteiger partial charge on any atom is -0.449 e. The van der Waals surface area contributed by atoms with Crippen molar-refractivity contribution in [2.24, 2.45) is 0 Å². The number of non-ortho nitro benzene ring substituents is 1. The summed E-state index contributed by atoms with van der Waals surface area (Å²) in [5.41, 5.74) is -0.400. The number of esters is 1. The van der Waals surface area contributed by atoms with E-state index in [1.54, 1.807) is 0 Å². The molecule has 0 heterocycles. The first-order valence-corrected chi connectivity index (χ1v) is 7.42. The summed E-state index contributed by atoms with van der Waals surface area (Å²) >= 11 is 5.81. The highest BCUT2D eigenvalue weighted by Crippen LogP contribution is 2.23. The summed E-state index contributed by atoms with van der Waals surface area (Å²) in [7, 11) is 0. The molecule has 10 heteroatoms. The molecule has 24 heavy (non-hydrogen) atoms. The molecule has 1 atom stereocenters. The van der Waals surface area contributed by atoms with Crippen LogP contribution in [0.25, 0.3) is 0 Å². The summed E-state index contributed by atoms with van der Waals surface area (Å²) in [6.07, 6.45) is 0.490. The molecule has 0 bridgehead atoms. The summed E-state index contributed by atoms with van der Waals surface area (Å²) in [5, 5.41) is 15.1. The Morgan fingerprint density at radius 3 is 2.58 bits per heavy atom. The lowest BCUT2D eigenvalue weighted by atomic mass is 10.2. The quantitative estimate of drug-likeness (QED) is 0.470. The number of carbonyl (C=O) groups excluding carboxylic acids is 3. The molecule has 2 rings (SSSR count). The monoisotopic (exact) mass is 355 g/mol. The van der Waals surface area contributed by atoms with Crippen molar-refractivity contribution in [1.29, 1.82) is 0 Å². The maximum Gasteiger partial charge on any atom is 0.340 e.